The molecular formula is C20H13ClN2O5. The number of nitro groups is 1. The van der Waals surface area contributed by atoms with Crippen molar-refractivity contribution in [2.24, 2.45) is 0 Å². The Kier molecular flexibility index (Phi) is 4.37. The third kappa shape index (κ3) is 3.01. The summed E-state index contributed by atoms with van der Waals surface area (Å²) in [4.78, 5) is 22.9. The number of benzene rings is 3. The fraction of sp³-hybridized carbons (Fsp3) is 0.0500. The molecule has 0 unspecified atom stereocenters. The van der Waals surface area contributed by atoms with Crippen LogP contribution in [-0.4, -0.2) is 17.9 Å². The van der Waals surface area contributed by atoms with Crippen LogP contribution >= 0.6 is 11.6 Å². The first-order chi connectivity index (χ1) is 13.5. The van der Waals surface area contributed by atoms with E-state index in [1.54, 1.807) is 12.1 Å². The Morgan fingerprint density at radius 2 is 1.89 bits per heavy atom. The minimum atomic E-state index is -0.609. The van der Waals surface area contributed by atoms with E-state index in [1.165, 1.54) is 25.3 Å². The summed E-state index contributed by atoms with van der Waals surface area (Å²) in [7, 11) is 1.50. The molecule has 1 N–H and O–H groups in total. The van der Waals surface area contributed by atoms with Gasteiger partial charge in [0.15, 0.2) is 0 Å². The van der Waals surface area contributed by atoms with Crippen LogP contribution in [0.15, 0.2) is 59.0 Å². The average molecular weight is 397 g/mol. The molecule has 4 aromatic rings. The maximum atomic E-state index is 12.6. The molecule has 7 nitrogen and oxygen atoms in total. The first kappa shape index (κ1) is 17.8. The maximum Gasteiger partial charge on any atom is 0.287 e. The number of ether oxygens (including phenoxy) is 1. The molecule has 140 valence electrons. The second kappa shape index (κ2) is 6.86. The zero-order chi connectivity index (χ0) is 19.8. The number of methoxy groups -OCH3 is 1. The van der Waals surface area contributed by atoms with E-state index in [9.17, 15) is 14.9 Å². The van der Waals surface area contributed by atoms with Gasteiger partial charge in [-0.1, -0.05) is 29.8 Å². The number of anilines is 1. The lowest BCUT2D eigenvalue weighted by molar-refractivity contribution is -0.384. The summed E-state index contributed by atoms with van der Waals surface area (Å²) in [6, 6.07) is 14.8. The molecule has 3 aromatic carbocycles. The minimum Gasteiger partial charge on any atom is -0.495 e. The largest absolute Gasteiger partial charge is 0.495 e. The maximum absolute atomic E-state index is 12.6. The molecule has 0 spiro atoms. The smallest absolute Gasteiger partial charge is 0.287 e. The first-order valence-electron chi connectivity index (χ1n) is 8.22. The van der Waals surface area contributed by atoms with Crippen molar-refractivity contribution in [1.82, 2.24) is 0 Å². The van der Waals surface area contributed by atoms with Crippen LogP contribution in [0.2, 0.25) is 5.02 Å². The summed E-state index contributed by atoms with van der Waals surface area (Å²) < 4.78 is 11.2. The molecule has 1 amide bonds. The van der Waals surface area contributed by atoms with Crippen molar-refractivity contribution < 1.29 is 18.9 Å². The van der Waals surface area contributed by atoms with Crippen LogP contribution in [0.3, 0.4) is 0 Å². The summed E-state index contributed by atoms with van der Waals surface area (Å²) in [5.41, 5.74) is 1.65. The fourth-order valence-corrected chi connectivity index (χ4v) is 3.26. The van der Waals surface area contributed by atoms with Crippen LogP contribution in [-0.2, 0) is 0 Å². The van der Waals surface area contributed by atoms with Crippen molar-refractivity contribution >= 4 is 50.8 Å². The highest BCUT2D eigenvalue weighted by molar-refractivity contribution is 6.33. The summed E-state index contributed by atoms with van der Waals surface area (Å²) in [5.74, 6) is -0.0222. The molecule has 1 heterocycles. The van der Waals surface area contributed by atoms with Crippen LogP contribution in [0.25, 0.3) is 21.9 Å². The van der Waals surface area contributed by atoms with Gasteiger partial charge in [-0.3, -0.25) is 14.9 Å². The van der Waals surface area contributed by atoms with Gasteiger partial charge in [-0.2, -0.15) is 0 Å². The first-order valence-corrected chi connectivity index (χ1v) is 8.60. The molecule has 0 aliphatic carbocycles. The topological polar surface area (TPSA) is 94.6 Å². The van der Waals surface area contributed by atoms with Crippen molar-refractivity contribution in [3.8, 4) is 5.75 Å². The van der Waals surface area contributed by atoms with E-state index in [0.717, 1.165) is 16.4 Å². The number of rotatable bonds is 4. The Hall–Kier alpha value is -3.58. The quantitative estimate of drug-likeness (QED) is 0.367. The molecule has 0 bridgehead atoms. The zero-order valence-electron chi connectivity index (χ0n) is 14.6. The normalized spacial score (nSPS) is 10.9. The number of hydrogen-bond acceptors (Lipinski definition) is 5. The molecule has 0 fully saturated rings. The molecular weight excluding hydrogens is 384 g/mol. The van der Waals surface area contributed by atoms with Crippen molar-refractivity contribution in [1.29, 1.82) is 0 Å². The fourth-order valence-electron chi connectivity index (χ4n) is 3.01. The second-order valence-corrected chi connectivity index (χ2v) is 6.43. The van der Waals surface area contributed by atoms with E-state index in [1.807, 2.05) is 24.3 Å². The van der Waals surface area contributed by atoms with Crippen molar-refractivity contribution in [2.45, 2.75) is 0 Å². The zero-order valence-corrected chi connectivity index (χ0v) is 15.3. The van der Waals surface area contributed by atoms with Gasteiger partial charge in [0.2, 0.25) is 0 Å². The number of carbonyl (C=O) groups is 1. The third-order valence-electron chi connectivity index (χ3n) is 4.35. The number of hydrogen-bond donors (Lipinski definition) is 1. The number of nitrogens with one attached hydrogen (secondary N) is 1. The number of amides is 1. The third-order valence-corrected chi connectivity index (χ3v) is 4.66. The van der Waals surface area contributed by atoms with Crippen molar-refractivity contribution in [2.75, 3.05) is 12.4 Å². The van der Waals surface area contributed by atoms with Gasteiger partial charge in [0.1, 0.15) is 21.9 Å². The number of nitro benzene ring substituents is 1. The number of furan rings is 1. The Bertz CT molecular complexity index is 1250. The van der Waals surface area contributed by atoms with Gasteiger partial charge >= 0.3 is 0 Å². The average Bonchev–Trinajstić information content (AvgIpc) is 3.04. The molecule has 0 saturated heterocycles. The Morgan fingerprint density at radius 3 is 2.61 bits per heavy atom. The molecule has 0 radical (unpaired) electrons. The lowest BCUT2D eigenvalue weighted by Crippen LogP contribution is -2.12. The molecule has 0 aliphatic rings. The van der Waals surface area contributed by atoms with Crippen LogP contribution in [0.4, 0.5) is 11.4 Å². The van der Waals surface area contributed by atoms with Crippen LogP contribution in [0.5, 0.6) is 5.75 Å². The van der Waals surface area contributed by atoms with Crippen LogP contribution in [0.1, 0.15) is 10.4 Å². The van der Waals surface area contributed by atoms with E-state index in [-0.39, 0.29) is 16.3 Å². The molecule has 1 aromatic heterocycles. The highest BCUT2D eigenvalue weighted by atomic mass is 35.5. The SMILES string of the molecule is COc1cc2c(cc1NC(=O)c1ccc([N+](=O)[O-])c(Cl)c1)oc1ccccc12. The minimum absolute atomic E-state index is 0.114. The van der Waals surface area contributed by atoms with Gasteiger partial charge < -0.3 is 14.5 Å². The molecule has 0 aliphatic heterocycles. The van der Waals surface area contributed by atoms with E-state index in [4.69, 9.17) is 20.8 Å². The van der Waals surface area contributed by atoms with Gasteiger partial charge in [-0.05, 0) is 24.3 Å². The van der Waals surface area contributed by atoms with E-state index < -0.39 is 10.8 Å². The number of fused-ring (bicyclic) bond motifs is 3. The number of para-hydroxylation sites is 1. The standard InChI is InChI=1S/C20H13ClN2O5/c1-27-19-9-13-12-4-2-3-5-17(12)28-18(13)10-15(19)22-20(24)11-6-7-16(23(25)26)14(21)8-11/h2-10H,1H3,(H,22,24). The van der Waals surface area contributed by atoms with E-state index >= 15 is 0 Å². The van der Waals surface area contributed by atoms with Crippen molar-refractivity contribution in [3.63, 3.8) is 0 Å². The predicted molar refractivity (Wildman–Crippen MR) is 106 cm³/mol. The number of halogens is 1. The monoisotopic (exact) mass is 396 g/mol. The molecule has 4 rings (SSSR count). The number of carbonyl (C=O) groups excluding carboxylic acids is 1. The number of nitrogens with zero attached hydrogens (tertiary/aromatic N) is 1. The van der Waals surface area contributed by atoms with Crippen LogP contribution < -0.4 is 10.1 Å². The predicted octanol–water partition coefficient (Wildman–Crippen LogP) is 5.41. The Balaban J connectivity index is 1.72. The molecule has 0 saturated carbocycles. The van der Waals surface area contributed by atoms with E-state index in [2.05, 4.69) is 5.32 Å². The lowest BCUT2D eigenvalue weighted by atomic mass is 10.1. The van der Waals surface area contributed by atoms with Gasteiger partial charge in [0.05, 0.1) is 17.7 Å². The summed E-state index contributed by atoms with van der Waals surface area (Å²) in [6.45, 7) is 0. The highest BCUT2D eigenvalue weighted by Gasteiger charge is 2.18. The summed E-state index contributed by atoms with van der Waals surface area (Å²) in [5, 5.41) is 15.3. The van der Waals surface area contributed by atoms with E-state index in [0.29, 0.717) is 17.0 Å². The Morgan fingerprint density at radius 1 is 1.11 bits per heavy atom. The lowest BCUT2D eigenvalue weighted by Gasteiger charge is -2.10. The van der Waals surface area contributed by atoms with Gasteiger partial charge in [-0.15, -0.1) is 0 Å². The summed E-state index contributed by atoms with van der Waals surface area (Å²) in [6.07, 6.45) is 0. The molecule has 28 heavy (non-hydrogen) atoms. The van der Waals surface area contributed by atoms with Gasteiger partial charge in [0, 0.05) is 28.5 Å². The van der Waals surface area contributed by atoms with Crippen LogP contribution in [0, 0.1) is 10.1 Å². The second-order valence-electron chi connectivity index (χ2n) is 6.02. The highest BCUT2D eigenvalue weighted by Crippen LogP contribution is 2.36. The Labute approximate surface area is 163 Å². The van der Waals surface area contributed by atoms with Crippen molar-refractivity contribution in [3.05, 3.63) is 75.3 Å². The van der Waals surface area contributed by atoms with Gasteiger partial charge in [0.25, 0.3) is 11.6 Å². The van der Waals surface area contributed by atoms with Gasteiger partial charge in [-0.25, -0.2) is 0 Å². The molecule has 8 heteroatoms. The molecule has 0 atom stereocenters. The summed E-state index contributed by atoms with van der Waals surface area (Å²) >= 11 is 5.89.